The fourth-order valence-electron chi connectivity index (χ4n) is 1.62. The van der Waals surface area contributed by atoms with E-state index in [1.165, 1.54) is 10.9 Å². The molecule has 1 unspecified atom stereocenters. The van der Waals surface area contributed by atoms with Crippen molar-refractivity contribution in [3.05, 3.63) is 22.9 Å². The summed E-state index contributed by atoms with van der Waals surface area (Å²) in [6, 6.07) is -0.793. The number of carboxylic acids is 1. The molecule has 1 atom stereocenters. The number of hydrogen-bond donors (Lipinski definition) is 0. The Kier molecular flexibility index (Phi) is 3.02. The zero-order valence-corrected chi connectivity index (χ0v) is 9.35. The van der Waals surface area contributed by atoms with Crippen LogP contribution in [-0.2, 0) is 4.79 Å². The lowest BCUT2D eigenvalue weighted by molar-refractivity contribution is -0.611. The predicted octanol–water partition coefficient (Wildman–Crippen LogP) is -0.315. The molecule has 0 aliphatic carbocycles. The molecule has 1 rings (SSSR count). The van der Waals surface area contributed by atoms with Gasteiger partial charge < -0.3 is 15.1 Å². The van der Waals surface area contributed by atoms with Gasteiger partial charge in [0.2, 0.25) is 6.33 Å². The van der Waals surface area contributed by atoms with Crippen LogP contribution in [0, 0.1) is 25.0 Å². The second-order valence-corrected chi connectivity index (χ2v) is 4.03. The molecule has 0 spiro atoms. The van der Waals surface area contributed by atoms with Crippen molar-refractivity contribution in [3.8, 4) is 0 Å². The first kappa shape index (κ1) is 11.6. The molecular formula is C10H15N2O3-. The Labute approximate surface area is 88.5 Å². The molecule has 1 heterocycles. The van der Waals surface area contributed by atoms with Crippen LogP contribution in [0.4, 0.5) is 0 Å². The third-order valence-corrected chi connectivity index (χ3v) is 2.64. The smallest absolute Gasteiger partial charge is 0.247 e. The molecule has 15 heavy (non-hydrogen) atoms. The number of rotatable bonds is 3. The second-order valence-electron chi connectivity index (χ2n) is 4.03. The van der Waals surface area contributed by atoms with Gasteiger partial charge in [-0.1, -0.05) is 13.8 Å². The van der Waals surface area contributed by atoms with Crippen LogP contribution in [0.2, 0.25) is 0 Å². The summed E-state index contributed by atoms with van der Waals surface area (Å²) < 4.78 is 2.13. The Morgan fingerprint density at radius 1 is 1.47 bits per heavy atom. The highest BCUT2D eigenvalue weighted by molar-refractivity contribution is 5.70. The van der Waals surface area contributed by atoms with E-state index in [0.717, 1.165) is 0 Å². The maximum absolute atomic E-state index is 11.3. The molecule has 0 saturated carbocycles. The Hall–Kier alpha value is -1.52. The molecule has 0 N–H and O–H groups in total. The number of imidazole rings is 1. The topological polar surface area (TPSA) is 72.0 Å². The van der Waals surface area contributed by atoms with Crippen molar-refractivity contribution in [3.63, 3.8) is 0 Å². The predicted molar refractivity (Wildman–Crippen MR) is 51.7 cm³/mol. The standard InChI is InChI=1S/C10H16N2O3/c1-6(2)9(10(13)14)11-5-12(15)8(4)7(11)3/h5-6,9H,1-4H3,(H,13,14)/p-1. The fourth-order valence-corrected chi connectivity index (χ4v) is 1.62. The van der Waals surface area contributed by atoms with E-state index < -0.39 is 12.0 Å². The van der Waals surface area contributed by atoms with Gasteiger partial charge in [0.25, 0.3) is 0 Å². The molecule has 0 amide bonds. The van der Waals surface area contributed by atoms with Gasteiger partial charge in [-0.15, -0.1) is 0 Å². The Bertz CT molecular complexity index is 382. The maximum Gasteiger partial charge on any atom is 0.247 e. The highest BCUT2D eigenvalue weighted by Crippen LogP contribution is 2.19. The SMILES string of the molecule is Cc1c(C)[n+]([O-])cn1C(C(=O)[O-])C(C)C. The molecule has 0 aliphatic rings. The van der Waals surface area contributed by atoms with Gasteiger partial charge in [-0.3, -0.25) is 0 Å². The van der Waals surface area contributed by atoms with Crippen LogP contribution in [0.25, 0.3) is 0 Å². The molecule has 0 aliphatic heterocycles. The summed E-state index contributed by atoms with van der Waals surface area (Å²) in [6.07, 6.45) is 1.26. The third-order valence-electron chi connectivity index (χ3n) is 2.64. The van der Waals surface area contributed by atoms with Crippen LogP contribution in [0.3, 0.4) is 0 Å². The number of nitrogens with zero attached hydrogens (tertiary/aromatic N) is 2. The molecule has 1 aromatic heterocycles. The summed E-state index contributed by atoms with van der Waals surface area (Å²) >= 11 is 0. The van der Waals surface area contributed by atoms with E-state index in [-0.39, 0.29) is 5.92 Å². The molecule has 0 bridgehead atoms. The fraction of sp³-hybridized carbons (Fsp3) is 0.600. The minimum atomic E-state index is -1.16. The van der Waals surface area contributed by atoms with Gasteiger partial charge in [-0.25, -0.2) is 9.30 Å². The summed E-state index contributed by atoms with van der Waals surface area (Å²) in [6.45, 7) is 6.95. The second kappa shape index (κ2) is 3.92. The average Bonchev–Trinajstić information content (AvgIpc) is 2.33. The monoisotopic (exact) mass is 211 g/mol. The number of carbonyl (C=O) groups is 1. The molecule has 0 radical (unpaired) electrons. The Morgan fingerprint density at radius 2 is 2.00 bits per heavy atom. The molecule has 0 aromatic carbocycles. The average molecular weight is 211 g/mol. The third kappa shape index (κ3) is 1.95. The number of aliphatic carboxylic acids is 1. The van der Waals surface area contributed by atoms with Gasteiger partial charge in [-0.05, 0) is 5.92 Å². The zero-order chi connectivity index (χ0) is 11.7. The van der Waals surface area contributed by atoms with E-state index in [0.29, 0.717) is 16.1 Å². The first-order valence-corrected chi connectivity index (χ1v) is 4.84. The Balaban J connectivity index is 3.23. The van der Waals surface area contributed by atoms with Gasteiger partial charge in [0.1, 0.15) is 17.4 Å². The number of carboxylic acid groups (broad SMARTS) is 1. The van der Waals surface area contributed by atoms with Crippen LogP contribution in [0.15, 0.2) is 6.33 Å². The molecule has 5 heteroatoms. The summed E-state index contributed by atoms with van der Waals surface area (Å²) in [4.78, 5) is 11.0. The van der Waals surface area contributed by atoms with Crippen molar-refractivity contribution in [1.29, 1.82) is 0 Å². The lowest BCUT2D eigenvalue weighted by Crippen LogP contribution is -2.37. The number of hydrogen-bond acceptors (Lipinski definition) is 3. The molecule has 5 nitrogen and oxygen atoms in total. The zero-order valence-electron chi connectivity index (χ0n) is 9.35. The van der Waals surface area contributed by atoms with Crippen molar-refractivity contribution in [2.45, 2.75) is 33.7 Å². The van der Waals surface area contributed by atoms with Crippen molar-refractivity contribution in [1.82, 2.24) is 4.57 Å². The summed E-state index contributed by atoms with van der Waals surface area (Å²) in [5.74, 6) is -1.29. The first-order valence-electron chi connectivity index (χ1n) is 4.84. The van der Waals surface area contributed by atoms with Crippen LogP contribution < -0.4 is 9.84 Å². The summed E-state index contributed by atoms with van der Waals surface area (Å²) in [5.41, 5.74) is 1.18. The van der Waals surface area contributed by atoms with Gasteiger partial charge >= 0.3 is 0 Å². The first-order chi connectivity index (χ1) is 6.86. The normalized spacial score (nSPS) is 13.1. The van der Waals surface area contributed by atoms with Crippen molar-refractivity contribution < 1.29 is 14.6 Å². The molecule has 0 fully saturated rings. The van der Waals surface area contributed by atoms with Crippen molar-refractivity contribution in [2.24, 2.45) is 5.92 Å². The van der Waals surface area contributed by atoms with E-state index in [1.54, 1.807) is 27.7 Å². The van der Waals surface area contributed by atoms with E-state index in [9.17, 15) is 15.1 Å². The van der Waals surface area contributed by atoms with E-state index in [1.807, 2.05) is 0 Å². The van der Waals surface area contributed by atoms with Crippen LogP contribution in [-0.4, -0.2) is 10.5 Å². The summed E-state index contributed by atoms with van der Waals surface area (Å²) in [5, 5.41) is 22.3. The van der Waals surface area contributed by atoms with E-state index >= 15 is 0 Å². The van der Waals surface area contributed by atoms with Gasteiger partial charge in [-0.2, -0.15) is 0 Å². The number of carbonyl (C=O) groups excluding carboxylic acids is 1. The highest BCUT2D eigenvalue weighted by Gasteiger charge is 2.25. The largest absolute Gasteiger partial charge is 0.711 e. The summed E-state index contributed by atoms with van der Waals surface area (Å²) in [7, 11) is 0. The van der Waals surface area contributed by atoms with Crippen LogP contribution in [0.1, 0.15) is 31.3 Å². The molecule has 1 aromatic rings. The minimum absolute atomic E-state index is 0.125. The molecule has 84 valence electrons. The van der Waals surface area contributed by atoms with Gasteiger partial charge in [0.05, 0.1) is 5.97 Å². The van der Waals surface area contributed by atoms with E-state index in [4.69, 9.17) is 0 Å². The maximum atomic E-state index is 11.3. The van der Waals surface area contributed by atoms with Crippen LogP contribution in [0.5, 0.6) is 0 Å². The van der Waals surface area contributed by atoms with Gasteiger partial charge in [0.15, 0.2) is 0 Å². The highest BCUT2D eigenvalue weighted by atomic mass is 16.5. The molecule has 0 saturated heterocycles. The minimum Gasteiger partial charge on any atom is -0.711 e. The lowest BCUT2D eigenvalue weighted by Gasteiger charge is -2.19. The lowest BCUT2D eigenvalue weighted by atomic mass is 10.0. The van der Waals surface area contributed by atoms with Gasteiger partial charge in [0, 0.05) is 13.8 Å². The van der Waals surface area contributed by atoms with Crippen molar-refractivity contribution >= 4 is 5.97 Å². The number of aromatic nitrogens is 2. The Morgan fingerprint density at radius 3 is 2.27 bits per heavy atom. The quantitative estimate of drug-likeness (QED) is 0.508. The van der Waals surface area contributed by atoms with E-state index in [2.05, 4.69) is 0 Å². The van der Waals surface area contributed by atoms with Crippen LogP contribution >= 0.6 is 0 Å². The van der Waals surface area contributed by atoms with Crippen molar-refractivity contribution in [2.75, 3.05) is 0 Å². The molecular weight excluding hydrogens is 196 g/mol.